The molecule has 0 saturated heterocycles. The van der Waals surface area contributed by atoms with Crippen LogP contribution in [0.4, 0.5) is 34.6 Å². The third-order valence-corrected chi connectivity index (χ3v) is 3.46. The van der Waals surface area contributed by atoms with Gasteiger partial charge in [-0.05, 0) is 24.3 Å². The number of alkyl halides is 4. The Morgan fingerprint density at radius 1 is 1.22 bits per heavy atom. The maximum atomic E-state index is 13.2. The molecule has 0 aromatic heterocycles. The predicted molar refractivity (Wildman–Crippen MR) is 84.1 cm³/mol. The second kappa shape index (κ2) is 9.23. The molecule has 0 amide bonds. The summed E-state index contributed by atoms with van der Waals surface area (Å²) in [4.78, 5) is 10.4. The van der Waals surface area contributed by atoms with E-state index in [0.29, 0.717) is 0 Å². The zero-order valence-corrected chi connectivity index (χ0v) is 16.3. The molecule has 0 aliphatic heterocycles. The number of anilines is 2. The molecule has 0 bridgehead atoms. The monoisotopic (exact) mass is 412 g/mol. The molecular weight excluding hydrogens is 405 g/mol. The molecule has 0 saturated carbocycles. The first kappa shape index (κ1) is 23.0. The molecule has 0 radical (unpaired) electrons. The van der Waals surface area contributed by atoms with Gasteiger partial charge >= 0.3 is 47.8 Å². The molecule has 0 aliphatic carbocycles. The topological polar surface area (TPSA) is 88.2 Å². The third-order valence-electron chi connectivity index (χ3n) is 3.08. The van der Waals surface area contributed by atoms with Gasteiger partial charge in [0.15, 0.2) is 0 Å². The van der Waals surface area contributed by atoms with Crippen LogP contribution in [-0.4, -0.2) is 17.5 Å². The Morgan fingerprint density at radius 3 is 2.41 bits per heavy atom. The maximum absolute atomic E-state index is 13.2. The van der Waals surface area contributed by atoms with E-state index in [1.807, 2.05) is 0 Å². The van der Waals surface area contributed by atoms with Crippen molar-refractivity contribution < 1.29 is 56.8 Å². The van der Waals surface area contributed by atoms with Gasteiger partial charge in [-0.25, -0.2) is 0 Å². The molecule has 0 heterocycles. The van der Waals surface area contributed by atoms with Gasteiger partial charge in [-0.3, -0.25) is 10.1 Å². The van der Waals surface area contributed by atoms with E-state index in [4.69, 9.17) is 16.9 Å². The number of nitrogens with zero attached hydrogens (tertiary/aromatic N) is 2. The Labute approximate surface area is 177 Å². The average Bonchev–Trinajstić information content (AvgIpc) is 2.56. The Bertz CT molecular complexity index is 893. The summed E-state index contributed by atoms with van der Waals surface area (Å²) in [7, 11) is 0. The molecule has 0 spiro atoms. The molecule has 0 atom stereocenters. The van der Waals surface area contributed by atoms with Crippen LogP contribution in [0.1, 0.15) is 5.56 Å². The van der Waals surface area contributed by atoms with E-state index in [-0.39, 0.29) is 46.5 Å². The van der Waals surface area contributed by atoms with Crippen LogP contribution < -0.4 is 39.6 Å². The van der Waals surface area contributed by atoms with Crippen LogP contribution in [0.3, 0.4) is 0 Å². The van der Waals surface area contributed by atoms with E-state index in [9.17, 15) is 27.7 Å². The fourth-order valence-corrected chi connectivity index (χ4v) is 2.20. The summed E-state index contributed by atoms with van der Waals surface area (Å²) in [6.07, 6.45) is -8.83. The van der Waals surface area contributed by atoms with Crippen molar-refractivity contribution in [1.29, 1.82) is 5.26 Å². The molecule has 0 fully saturated rings. The Hall–Kier alpha value is -2.06. The fraction of sp³-hybridized carbons (Fsp3) is 0.133. The first-order valence-corrected chi connectivity index (χ1v) is 7.13. The molecule has 27 heavy (non-hydrogen) atoms. The minimum Gasteiger partial charge on any atom is -0.426 e. The van der Waals surface area contributed by atoms with Crippen LogP contribution in [0.15, 0.2) is 36.4 Å². The summed E-state index contributed by atoms with van der Waals surface area (Å²) < 4.78 is 55.0. The average molecular weight is 413 g/mol. The summed E-state index contributed by atoms with van der Waals surface area (Å²) in [6, 6.07) is 8.76. The van der Waals surface area contributed by atoms with Crippen LogP contribution in [0.25, 0.3) is 0 Å². The number of nitro groups is 1. The van der Waals surface area contributed by atoms with E-state index in [1.54, 1.807) is 6.07 Å². The largest absolute Gasteiger partial charge is 1.00 e. The van der Waals surface area contributed by atoms with Crippen molar-refractivity contribution in [3.63, 3.8) is 0 Å². The molecule has 0 aliphatic rings. The van der Waals surface area contributed by atoms with Gasteiger partial charge in [-0.15, -0.1) is 0 Å². The van der Waals surface area contributed by atoms with Crippen molar-refractivity contribution >= 4 is 28.7 Å². The number of nitro benzene ring substituents is 1. The molecule has 6 nitrogen and oxygen atoms in total. The van der Waals surface area contributed by atoms with E-state index >= 15 is 0 Å². The number of nitrogens with one attached hydrogen (secondary N) is 1. The molecule has 2 aromatic carbocycles. The van der Waals surface area contributed by atoms with E-state index in [2.05, 4.69) is 10.1 Å². The van der Waals surface area contributed by atoms with E-state index in [1.165, 1.54) is 24.3 Å². The second-order valence-electron chi connectivity index (χ2n) is 4.78. The molecule has 136 valence electrons. The number of halogens is 5. The van der Waals surface area contributed by atoms with Crippen LogP contribution in [0.5, 0.6) is 5.75 Å². The van der Waals surface area contributed by atoms with Gasteiger partial charge in [-0.1, -0.05) is 23.7 Å². The van der Waals surface area contributed by atoms with Gasteiger partial charge in [0.2, 0.25) is 0 Å². The zero-order valence-electron chi connectivity index (χ0n) is 13.6. The number of ether oxygens (including phenoxy) is 1. The Morgan fingerprint density at radius 2 is 1.85 bits per heavy atom. The Kier molecular flexibility index (Phi) is 7.86. The number of nitriles is 1. The van der Waals surface area contributed by atoms with Crippen molar-refractivity contribution in [2.24, 2.45) is 0 Å². The van der Waals surface area contributed by atoms with Gasteiger partial charge in [0, 0.05) is 0 Å². The quantitative estimate of drug-likeness (QED) is 0.340. The van der Waals surface area contributed by atoms with Crippen molar-refractivity contribution in [2.45, 2.75) is 12.5 Å². The van der Waals surface area contributed by atoms with Crippen LogP contribution in [0.2, 0.25) is 5.02 Å². The molecule has 0 unspecified atom stereocenters. The number of rotatable bonds is 6. The minimum atomic E-state index is -4.76. The van der Waals surface area contributed by atoms with Crippen molar-refractivity contribution in [1.82, 2.24) is 0 Å². The van der Waals surface area contributed by atoms with Crippen molar-refractivity contribution in [3.05, 3.63) is 57.1 Å². The summed E-state index contributed by atoms with van der Waals surface area (Å²) in [5.41, 5.74) is -1.33. The SMILES string of the molecule is N#Cc1ccc(Nc2ccccc2OC(F)(F)C(F)F)c([N+](=O)[O-])c1Cl.[Na+]. The smallest absolute Gasteiger partial charge is 0.426 e. The minimum absolute atomic E-state index is 0. The molecule has 1 N–H and O–H groups in total. The van der Waals surface area contributed by atoms with Crippen LogP contribution in [0, 0.1) is 21.4 Å². The van der Waals surface area contributed by atoms with Crippen molar-refractivity contribution in [2.75, 3.05) is 5.32 Å². The van der Waals surface area contributed by atoms with E-state index in [0.717, 1.165) is 12.1 Å². The zero-order chi connectivity index (χ0) is 19.5. The van der Waals surface area contributed by atoms with Crippen LogP contribution >= 0.6 is 11.6 Å². The first-order chi connectivity index (χ1) is 12.2. The summed E-state index contributed by atoms with van der Waals surface area (Å²) in [5, 5.41) is 22.1. The fourth-order valence-electron chi connectivity index (χ4n) is 1.93. The number of benzene rings is 2. The molecule has 2 aromatic rings. The molecule has 2 rings (SSSR count). The van der Waals surface area contributed by atoms with Gasteiger partial charge in [0.05, 0.1) is 16.2 Å². The summed E-state index contributed by atoms with van der Waals surface area (Å²) >= 11 is 5.81. The normalized spacial score (nSPS) is 10.7. The predicted octanol–water partition coefficient (Wildman–Crippen LogP) is 2.10. The standard InChI is InChI=1S/C15H8ClF4N3O3.Na/c16-12-8(7-21)5-6-10(13(12)23(24)25)22-9-3-1-2-4-11(9)26-15(19,20)14(17)18;/h1-6,14,22H;/q;+1. The van der Waals surface area contributed by atoms with E-state index < -0.39 is 33.9 Å². The van der Waals surface area contributed by atoms with Gasteiger partial charge in [0.25, 0.3) is 0 Å². The maximum Gasteiger partial charge on any atom is 1.00 e. The van der Waals surface area contributed by atoms with Gasteiger partial charge in [0.1, 0.15) is 22.5 Å². The van der Waals surface area contributed by atoms with Gasteiger partial charge < -0.3 is 10.1 Å². The number of hydrogen-bond acceptors (Lipinski definition) is 5. The summed E-state index contributed by atoms with van der Waals surface area (Å²) in [5.74, 6) is -0.660. The molecular formula is C15H8ClF4N3NaO3+. The Balaban J connectivity index is 0.00000364. The third kappa shape index (κ3) is 5.23. The number of hydrogen-bond donors (Lipinski definition) is 1. The summed E-state index contributed by atoms with van der Waals surface area (Å²) in [6.45, 7) is 0. The van der Waals surface area contributed by atoms with Gasteiger partial charge in [-0.2, -0.15) is 22.8 Å². The first-order valence-electron chi connectivity index (χ1n) is 6.75. The number of para-hydroxylation sites is 2. The molecule has 12 heteroatoms. The van der Waals surface area contributed by atoms with Crippen LogP contribution in [-0.2, 0) is 0 Å². The van der Waals surface area contributed by atoms with Crippen molar-refractivity contribution in [3.8, 4) is 11.8 Å². The second-order valence-corrected chi connectivity index (χ2v) is 5.16.